The molecule has 0 saturated heterocycles. The summed E-state index contributed by atoms with van der Waals surface area (Å²) in [7, 11) is 2.90. The molecular formula is C10H15NO4. The Balaban J connectivity index is 3.19. The molecule has 15 heavy (non-hydrogen) atoms. The second kappa shape index (κ2) is 4.86. The Morgan fingerprint density at radius 3 is 2.47 bits per heavy atom. The van der Waals surface area contributed by atoms with Gasteiger partial charge < -0.3 is 25.4 Å². The third-order valence-corrected chi connectivity index (χ3v) is 2.11. The molecule has 1 unspecified atom stereocenters. The lowest BCUT2D eigenvalue weighted by Gasteiger charge is -2.14. The quantitative estimate of drug-likeness (QED) is 0.674. The molecule has 0 spiro atoms. The average molecular weight is 213 g/mol. The van der Waals surface area contributed by atoms with Gasteiger partial charge in [0.2, 0.25) is 5.75 Å². The highest BCUT2D eigenvalue weighted by molar-refractivity contribution is 5.53. The van der Waals surface area contributed by atoms with Crippen LogP contribution in [0.25, 0.3) is 0 Å². The van der Waals surface area contributed by atoms with Crippen molar-refractivity contribution in [3.8, 4) is 17.2 Å². The van der Waals surface area contributed by atoms with Crippen molar-refractivity contribution in [2.24, 2.45) is 5.73 Å². The van der Waals surface area contributed by atoms with E-state index in [-0.39, 0.29) is 18.1 Å². The molecule has 1 atom stereocenters. The number of rotatable bonds is 4. The van der Waals surface area contributed by atoms with Crippen LogP contribution in [-0.2, 0) is 0 Å². The normalized spacial score (nSPS) is 12.3. The molecule has 0 heterocycles. The van der Waals surface area contributed by atoms with E-state index in [0.717, 1.165) is 0 Å². The SMILES string of the molecule is COc1cc(C(N)CO)cc(O)c1OC. The molecule has 1 rings (SSSR count). The van der Waals surface area contributed by atoms with Crippen LogP contribution in [0.3, 0.4) is 0 Å². The Labute approximate surface area is 88.0 Å². The van der Waals surface area contributed by atoms with Crippen molar-refractivity contribution < 1.29 is 19.7 Å². The molecule has 0 bridgehead atoms. The van der Waals surface area contributed by atoms with Gasteiger partial charge >= 0.3 is 0 Å². The van der Waals surface area contributed by atoms with Gasteiger partial charge in [-0.1, -0.05) is 0 Å². The lowest BCUT2D eigenvalue weighted by molar-refractivity contribution is 0.267. The van der Waals surface area contributed by atoms with Crippen molar-refractivity contribution in [1.82, 2.24) is 0 Å². The maximum atomic E-state index is 9.61. The van der Waals surface area contributed by atoms with Gasteiger partial charge in [0.05, 0.1) is 26.9 Å². The van der Waals surface area contributed by atoms with E-state index < -0.39 is 6.04 Å². The summed E-state index contributed by atoms with van der Waals surface area (Å²) in [6, 6.07) is 2.53. The highest BCUT2D eigenvalue weighted by Crippen LogP contribution is 2.38. The maximum Gasteiger partial charge on any atom is 0.203 e. The molecule has 1 aromatic carbocycles. The summed E-state index contributed by atoms with van der Waals surface area (Å²) in [6.07, 6.45) is 0. The Morgan fingerprint density at radius 1 is 1.33 bits per heavy atom. The fourth-order valence-electron chi connectivity index (χ4n) is 1.28. The zero-order valence-electron chi connectivity index (χ0n) is 8.73. The van der Waals surface area contributed by atoms with Gasteiger partial charge in [0.15, 0.2) is 11.5 Å². The van der Waals surface area contributed by atoms with Crippen LogP contribution in [0, 0.1) is 0 Å². The topological polar surface area (TPSA) is 84.9 Å². The molecule has 0 fully saturated rings. The van der Waals surface area contributed by atoms with Gasteiger partial charge in [0, 0.05) is 0 Å². The van der Waals surface area contributed by atoms with Crippen LogP contribution in [0.1, 0.15) is 11.6 Å². The number of aliphatic hydroxyl groups excluding tert-OH is 1. The van der Waals surface area contributed by atoms with Crippen LogP contribution in [0.5, 0.6) is 17.2 Å². The molecule has 4 N–H and O–H groups in total. The van der Waals surface area contributed by atoms with Crippen molar-refractivity contribution in [3.05, 3.63) is 17.7 Å². The van der Waals surface area contributed by atoms with E-state index in [2.05, 4.69) is 0 Å². The van der Waals surface area contributed by atoms with E-state index >= 15 is 0 Å². The number of hydrogen-bond donors (Lipinski definition) is 3. The lowest BCUT2D eigenvalue weighted by Crippen LogP contribution is -2.14. The van der Waals surface area contributed by atoms with Crippen LogP contribution in [0.15, 0.2) is 12.1 Å². The van der Waals surface area contributed by atoms with E-state index in [9.17, 15) is 5.11 Å². The van der Waals surface area contributed by atoms with Crippen molar-refractivity contribution in [1.29, 1.82) is 0 Å². The first-order valence-corrected chi connectivity index (χ1v) is 4.45. The molecule has 84 valence electrons. The average Bonchev–Trinajstić information content (AvgIpc) is 2.26. The largest absolute Gasteiger partial charge is 0.504 e. The number of ether oxygens (including phenoxy) is 2. The zero-order valence-corrected chi connectivity index (χ0v) is 8.73. The second-order valence-corrected chi connectivity index (χ2v) is 3.06. The highest BCUT2D eigenvalue weighted by Gasteiger charge is 2.14. The number of nitrogens with two attached hydrogens (primary N) is 1. The van der Waals surface area contributed by atoms with E-state index in [1.165, 1.54) is 20.3 Å². The smallest absolute Gasteiger partial charge is 0.203 e. The maximum absolute atomic E-state index is 9.61. The molecule has 5 nitrogen and oxygen atoms in total. The number of aromatic hydroxyl groups is 1. The number of hydrogen-bond acceptors (Lipinski definition) is 5. The minimum Gasteiger partial charge on any atom is -0.504 e. The molecular weight excluding hydrogens is 198 g/mol. The Hall–Kier alpha value is -1.46. The van der Waals surface area contributed by atoms with Gasteiger partial charge in [0.25, 0.3) is 0 Å². The van der Waals surface area contributed by atoms with Crippen molar-refractivity contribution >= 4 is 0 Å². The predicted molar refractivity (Wildman–Crippen MR) is 55.2 cm³/mol. The predicted octanol–water partition coefficient (Wildman–Crippen LogP) is 0.401. The monoisotopic (exact) mass is 213 g/mol. The summed E-state index contributed by atoms with van der Waals surface area (Å²) in [5.41, 5.74) is 6.21. The van der Waals surface area contributed by atoms with E-state index in [1.54, 1.807) is 6.07 Å². The van der Waals surface area contributed by atoms with Crippen LogP contribution in [0.2, 0.25) is 0 Å². The summed E-state index contributed by atoms with van der Waals surface area (Å²) in [4.78, 5) is 0. The first-order chi connectivity index (χ1) is 7.13. The van der Waals surface area contributed by atoms with E-state index in [1.807, 2.05) is 0 Å². The third-order valence-electron chi connectivity index (χ3n) is 2.11. The van der Waals surface area contributed by atoms with E-state index in [0.29, 0.717) is 11.3 Å². The fraction of sp³-hybridized carbons (Fsp3) is 0.400. The van der Waals surface area contributed by atoms with Gasteiger partial charge in [-0.3, -0.25) is 0 Å². The molecule has 0 aromatic heterocycles. The van der Waals surface area contributed by atoms with Gasteiger partial charge in [-0.25, -0.2) is 0 Å². The minimum atomic E-state index is -0.546. The summed E-state index contributed by atoms with van der Waals surface area (Å²) in [6.45, 7) is -0.199. The number of methoxy groups -OCH3 is 2. The minimum absolute atomic E-state index is 0.0595. The fourth-order valence-corrected chi connectivity index (χ4v) is 1.28. The first-order valence-electron chi connectivity index (χ1n) is 4.45. The molecule has 1 aromatic rings. The number of aliphatic hydroxyl groups is 1. The Bertz CT molecular complexity index is 340. The van der Waals surface area contributed by atoms with Crippen LogP contribution < -0.4 is 15.2 Å². The summed E-state index contributed by atoms with van der Waals surface area (Å²) < 4.78 is 9.99. The van der Waals surface area contributed by atoms with Crippen molar-refractivity contribution in [2.45, 2.75) is 6.04 Å². The van der Waals surface area contributed by atoms with Gasteiger partial charge in [-0.05, 0) is 17.7 Å². The van der Waals surface area contributed by atoms with Gasteiger partial charge in [-0.2, -0.15) is 0 Å². The lowest BCUT2D eigenvalue weighted by atomic mass is 10.1. The number of benzene rings is 1. The second-order valence-electron chi connectivity index (χ2n) is 3.06. The molecule has 0 radical (unpaired) electrons. The molecule has 0 aliphatic carbocycles. The van der Waals surface area contributed by atoms with Crippen LogP contribution in [-0.4, -0.2) is 31.0 Å². The standard InChI is InChI=1S/C10H15NO4/c1-14-9-4-6(7(11)5-12)3-8(13)10(9)15-2/h3-4,7,12-13H,5,11H2,1-2H3. The van der Waals surface area contributed by atoms with Crippen LogP contribution in [0.4, 0.5) is 0 Å². The van der Waals surface area contributed by atoms with Crippen molar-refractivity contribution in [2.75, 3.05) is 20.8 Å². The molecule has 0 aliphatic heterocycles. The Morgan fingerprint density at radius 2 is 2.00 bits per heavy atom. The van der Waals surface area contributed by atoms with Crippen molar-refractivity contribution in [3.63, 3.8) is 0 Å². The molecule has 5 heteroatoms. The molecule has 0 saturated carbocycles. The highest BCUT2D eigenvalue weighted by atomic mass is 16.5. The van der Waals surface area contributed by atoms with E-state index in [4.69, 9.17) is 20.3 Å². The molecule has 0 amide bonds. The summed E-state index contributed by atoms with van der Waals surface area (Å²) in [5, 5.41) is 18.5. The first kappa shape index (κ1) is 11.6. The zero-order chi connectivity index (χ0) is 11.4. The third kappa shape index (κ3) is 2.31. The van der Waals surface area contributed by atoms with Crippen LogP contribution >= 0.6 is 0 Å². The number of phenolic OH excluding ortho intramolecular Hbond substituents is 1. The van der Waals surface area contributed by atoms with Gasteiger partial charge in [-0.15, -0.1) is 0 Å². The van der Waals surface area contributed by atoms with Gasteiger partial charge in [0.1, 0.15) is 0 Å². The Kier molecular flexibility index (Phi) is 3.76. The summed E-state index contributed by atoms with van der Waals surface area (Å²) >= 11 is 0. The number of phenols is 1. The summed E-state index contributed by atoms with van der Waals surface area (Å²) in [5.74, 6) is 0.582. The molecule has 0 aliphatic rings.